The van der Waals surface area contributed by atoms with Gasteiger partial charge in [-0.15, -0.1) is 0 Å². The third-order valence-corrected chi connectivity index (χ3v) is 1.31. The van der Waals surface area contributed by atoms with E-state index in [0.29, 0.717) is 0 Å². The van der Waals surface area contributed by atoms with Crippen molar-refractivity contribution in [1.29, 1.82) is 0 Å². The topological polar surface area (TPSA) is 87.0 Å². The first-order valence-corrected chi connectivity index (χ1v) is 4.33. The van der Waals surface area contributed by atoms with Gasteiger partial charge in [0.25, 0.3) is 0 Å². The molecule has 5 nitrogen and oxygen atoms in total. The molecule has 0 heterocycles. The third kappa shape index (κ3) is 8.07. The number of aliphatic hydroxyl groups is 1. The van der Waals surface area contributed by atoms with Crippen LogP contribution in [-0.2, 0) is 9.09 Å². The van der Waals surface area contributed by atoms with E-state index in [1.807, 2.05) is 0 Å². The summed E-state index contributed by atoms with van der Waals surface area (Å²) >= 11 is 0. The zero-order chi connectivity index (χ0) is 8.20. The smallest absolute Gasteiger partial charge is 0.393 e. The van der Waals surface area contributed by atoms with Crippen molar-refractivity contribution in [2.45, 2.75) is 19.4 Å². The lowest BCUT2D eigenvalue weighted by Gasteiger charge is -2.05. The summed E-state index contributed by atoms with van der Waals surface area (Å²) < 4.78 is 14.1. The molecule has 0 aliphatic rings. The summed E-state index contributed by atoms with van der Waals surface area (Å²) in [6.07, 6.45) is -0.364. The van der Waals surface area contributed by atoms with Crippen molar-refractivity contribution in [1.82, 2.24) is 0 Å². The second kappa shape index (κ2) is 4.05. The summed E-state index contributed by atoms with van der Waals surface area (Å²) in [4.78, 5) is 16.3. The van der Waals surface area contributed by atoms with E-state index in [-0.39, 0.29) is 13.0 Å². The van der Waals surface area contributed by atoms with Crippen LogP contribution in [0.2, 0.25) is 0 Å². The van der Waals surface area contributed by atoms with Gasteiger partial charge in [-0.2, -0.15) is 0 Å². The van der Waals surface area contributed by atoms with Crippen LogP contribution < -0.4 is 0 Å². The van der Waals surface area contributed by atoms with Crippen LogP contribution in [-0.4, -0.2) is 27.6 Å². The van der Waals surface area contributed by atoms with Gasteiger partial charge in [-0.05, 0) is 13.3 Å². The molecule has 0 aromatic heterocycles. The van der Waals surface area contributed by atoms with Crippen molar-refractivity contribution < 1.29 is 24.0 Å². The summed E-state index contributed by atoms with van der Waals surface area (Å²) in [6.45, 7) is 1.39. The molecule has 3 N–H and O–H groups in total. The van der Waals surface area contributed by atoms with E-state index in [0.717, 1.165) is 0 Å². The second-order valence-corrected chi connectivity index (χ2v) is 3.20. The van der Waals surface area contributed by atoms with Crippen LogP contribution in [0, 0.1) is 0 Å². The quantitative estimate of drug-likeness (QED) is 0.511. The standard InChI is InChI=1S/C4H11O5P/c1-4(5)2-3-9-10(6,7)8/h4-5H,2-3H2,1H3,(H2,6,7,8). The van der Waals surface area contributed by atoms with Crippen LogP contribution >= 0.6 is 7.82 Å². The molecule has 0 bridgehead atoms. The molecular formula is C4H11O5P. The lowest BCUT2D eigenvalue weighted by atomic mass is 10.3. The molecule has 0 radical (unpaired) electrons. The lowest BCUT2D eigenvalue weighted by Crippen LogP contribution is -2.04. The van der Waals surface area contributed by atoms with E-state index < -0.39 is 13.9 Å². The van der Waals surface area contributed by atoms with Crippen LogP contribution in [0.5, 0.6) is 0 Å². The third-order valence-electron chi connectivity index (χ3n) is 0.795. The Balaban J connectivity index is 3.30. The Bertz CT molecular complexity index is 128. The molecule has 0 spiro atoms. The number of phosphoric ester groups is 1. The normalized spacial score (nSPS) is 15.2. The molecule has 0 saturated carbocycles. The summed E-state index contributed by atoms with van der Waals surface area (Å²) in [7, 11) is -4.33. The predicted octanol–water partition coefficient (Wildman–Crippen LogP) is -0.133. The first kappa shape index (κ1) is 10.1. The molecular weight excluding hydrogens is 159 g/mol. The lowest BCUT2D eigenvalue weighted by molar-refractivity contribution is 0.135. The predicted molar refractivity (Wildman–Crippen MR) is 34.3 cm³/mol. The Morgan fingerprint density at radius 1 is 1.60 bits per heavy atom. The number of aliphatic hydroxyl groups excluding tert-OH is 1. The number of phosphoric acid groups is 1. The van der Waals surface area contributed by atoms with Crippen molar-refractivity contribution in [3.05, 3.63) is 0 Å². The van der Waals surface area contributed by atoms with Crippen LogP contribution in [0.25, 0.3) is 0 Å². The van der Waals surface area contributed by atoms with Gasteiger partial charge in [0.1, 0.15) is 0 Å². The van der Waals surface area contributed by atoms with E-state index in [1.165, 1.54) is 6.92 Å². The minimum atomic E-state index is -4.33. The maximum Gasteiger partial charge on any atom is 0.469 e. The van der Waals surface area contributed by atoms with E-state index >= 15 is 0 Å². The molecule has 0 fully saturated rings. The van der Waals surface area contributed by atoms with Crippen molar-refractivity contribution in [2.24, 2.45) is 0 Å². The molecule has 0 aliphatic heterocycles. The monoisotopic (exact) mass is 170 g/mol. The molecule has 10 heavy (non-hydrogen) atoms. The van der Waals surface area contributed by atoms with E-state index in [4.69, 9.17) is 14.9 Å². The minimum Gasteiger partial charge on any atom is -0.393 e. The Labute approximate surface area is 58.9 Å². The van der Waals surface area contributed by atoms with E-state index in [1.54, 1.807) is 0 Å². The van der Waals surface area contributed by atoms with Gasteiger partial charge in [0.05, 0.1) is 12.7 Å². The Hall–Kier alpha value is 0.0700. The van der Waals surface area contributed by atoms with Crippen LogP contribution in [0.15, 0.2) is 0 Å². The first-order valence-electron chi connectivity index (χ1n) is 2.80. The molecule has 0 amide bonds. The van der Waals surface area contributed by atoms with Crippen molar-refractivity contribution in [3.8, 4) is 0 Å². The van der Waals surface area contributed by atoms with Gasteiger partial charge in [0.15, 0.2) is 0 Å². The van der Waals surface area contributed by atoms with E-state index in [2.05, 4.69) is 4.52 Å². The highest BCUT2D eigenvalue weighted by atomic mass is 31.2. The highest BCUT2D eigenvalue weighted by molar-refractivity contribution is 7.46. The zero-order valence-electron chi connectivity index (χ0n) is 5.60. The van der Waals surface area contributed by atoms with Gasteiger partial charge in [-0.3, -0.25) is 4.52 Å². The molecule has 0 aromatic carbocycles. The first-order chi connectivity index (χ1) is 4.42. The highest BCUT2D eigenvalue weighted by Crippen LogP contribution is 2.35. The number of hydrogen-bond donors (Lipinski definition) is 3. The van der Waals surface area contributed by atoms with Crippen LogP contribution in [0.4, 0.5) is 0 Å². The van der Waals surface area contributed by atoms with Gasteiger partial charge in [0, 0.05) is 0 Å². The average molecular weight is 170 g/mol. The maximum atomic E-state index is 10.0. The Morgan fingerprint density at radius 3 is 2.40 bits per heavy atom. The van der Waals surface area contributed by atoms with Gasteiger partial charge >= 0.3 is 7.82 Å². The SMILES string of the molecule is CC(O)CCOP(=O)(O)O. The summed E-state index contributed by atoms with van der Waals surface area (Å²) in [5, 5.41) is 8.62. The fourth-order valence-electron chi connectivity index (χ4n) is 0.342. The minimum absolute atomic E-state index is 0.123. The summed E-state index contributed by atoms with van der Waals surface area (Å²) in [6, 6.07) is 0. The van der Waals surface area contributed by atoms with Crippen molar-refractivity contribution >= 4 is 7.82 Å². The fourth-order valence-corrected chi connectivity index (χ4v) is 0.685. The van der Waals surface area contributed by atoms with Gasteiger partial charge in [-0.1, -0.05) is 0 Å². The van der Waals surface area contributed by atoms with Crippen LogP contribution in [0.3, 0.4) is 0 Å². The molecule has 0 saturated heterocycles. The Morgan fingerprint density at radius 2 is 2.10 bits per heavy atom. The largest absolute Gasteiger partial charge is 0.469 e. The zero-order valence-corrected chi connectivity index (χ0v) is 6.49. The number of hydrogen-bond acceptors (Lipinski definition) is 3. The van der Waals surface area contributed by atoms with Crippen molar-refractivity contribution in [3.63, 3.8) is 0 Å². The second-order valence-electron chi connectivity index (χ2n) is 1.96. The molecule has 0 aliphatic carbocycles. The Kier molecular flexibility index (Phi) is 4.08. The van der Waals surface area contributed by atoms with Crippen molar-refractivity contribution in [2.75, 3.05) is 6.61 Å². The van der Waals surface area contributed by atoms with Gasteiger partial charge < -0.3 is 14.9 Å². The molecule has 6 heteroatoms. The fraction of sp³-hybridized carbons (Fsp3) is 1.00. The van der Waals surface area contributed by atoms with E-state index in [9.17, 15) is 4.57 Å². The highest BCUT2D eigenvalue weighted by Gasteiger charge is 2.12. The summed E-state index contributed by atoms with van der Waals surface area (Å²) in [5.74, 6) is 0. The summed E-state index contributed by atoms with van der Waals surface area (Å²) in [5.41, 5.74) is 0. The van der Waals surface area contributed by atoms with Gasteiger partial charge in [0.2, 0.25) is 0 Å². The molecule has 1 atom stereocenters. The maximum absolute atomic E-state index is 10.0. The molecule has 1 unspecified atom stereocenters. The van der Waals surface area contributed by atoms with Gasteiger partial charge in [-0.25, -0.2) is 4.57 Å². The molecule has 0 aromatic rings. The average Bonchev–Trinajstić information content (AvgIpc) is 1.59. The molecule has 0 rings (SSSR count). The van der Waals surface area contributed by atoms with Crippen LogP contribution in [0.1, 0.15) is 13.3 Å². The number of rotatable bonds is 4. The molecule has 62 valence electrons.